The van der Waals surface area contributed by atoms with E-state index in [1.165, 1.54) is 13.2 Å². The summed E-state index contributed by atoms with van der Waals surface area (Å²) >= 11 is 8.84. The van der Waals surface area contributed by atoms with E-state index in [2.05, 4.69) is 25.8 Å². The molecule has 0 unspecified atom stereocenters. The van der Waals surface area contributed by atoms with Crippen LogP contribution < -0.4 is 0 Å². The summed E-state index contributed by atoms with van der Waals surface area (Å²) in [6.45, 7) is 0. The molecule has 0 aliphatic rings. The van der Waals surface area contributed by atoms with E-state index in [1.807, 2.05) is 0 Å². The van der Waals surface area contributed by atoms with Crippen LogP contribution in [0, 0.1) is 0 Å². The molecule has 0 radical (unpaired) electrons. The molecular weight excluding hydrogens is 285 g/mol. The van der Waals surface area contributed by atoms with E-state index in [0.717, 1.165) is 0 Å². The van der Waals surface area contributed by atoms with Crippen molar-refractivity contribution in [2.24, 2.45) is 5.16 Å². The minimum Gasteiger partial charge on any atom is -0.465 e. The van der Waals surface area contributed by atoms with Crippen molar-refractivity contribution in [2.75, 3.05) is 7.11 Å². The highest BCUT2D eigenvalue weighted by atomic mass is 79.9. The molecule has 0 saturated carbocycles. The van der Waals surface area contributed by atoms with Gasteiger partial charge in [-0.2, -0.15) is 0 Å². The Bertz CT molecular complexity index is 420. The van der Waals surface area contributed by atoms with Crippen LogP contribution in [0.5, 0.6) is 0 Å². The average molecular weight is 293 g/mol. The quantitative estimate of drug-likeness (QED) is 0.394. The van der Waals surface area contributed by atoms with Gasteiger partial charge in [0.25, 0.3) is 0 Å². The number of halogens is 2. The van der Waals surface area contributed by atoms with Crippen molar-refractivity contribution < 1.29 is 14.7 Å². The van der Waals surface area contributed by atoms with Gasteiger partial charge >= 0.3 is 5.97 Å². The van der Waals surface area contributed by atoms with Crippen LogP contribution in [0.25, 0.3) is 0 Å². The topological polar surface area (TPSA) is 58.9 Å². The van der Waals surface area contributed by atoms with Gasteiger partial charge < -0.3 is 9.94 Å². The van der Waals surface area contributed by atoms with Gasteiger partial charge in [0.2, 0.25) is 0 Å². The molecule has 0 saturated heterocycles. The molecular formula is C9H7BrClNO3. The van der Waals surface area contributed by atoms with E-state index in [0.29, 0.717) is 10.0 Å². The lowest BCUT2D eigenvalue weighted by atomic mass is 10.1. The molecule has 1 N–H and O–H groups in total. The monoisotopic (exact) mass is 291 g/mol. The summed E-state index contributed by atoms with van der Waals surface area (Å²) in [5.74, 6) is -0.548. The molecule has 4 nitrogen and oxygen atoms in total. The molecule has 1 aromatic carbocycles. The molecule has 0 heterocycles. The van der Waals surface area contributed by atoms with Crippen molar-refractivity contribution in [3.05, 3.63) is 33.8 Å². The molecule has 0 atom stereocenters. The van der Waals surface area contributed by atoms with Crippen molar-refractivity contribution in [1.82, 2.24) is 0 Å². The molecule has 0 bridgehead atoms. The Kier molecular flexibility index (Phi) is 4.11. The smallest absolute Gasteiger partial charge is 0.338 e. The van der Waals surface area contributed by atoms with Crippen LogP contribution in [0.1, 0.15) is 15.9 Å². The van der Waals surface area contributed by atoms with Gasteiger partial charge in [-0.15, -0.1) is 0 Å². The lowest BCUT2D eigenvalue weighted by molar-refractivity contribution is 0.0600. The van der Waals surface area contributed by atoms with Gasteiger partial charge in [-0.1, -0.05) is 32.7 Å². The number of nitrogens with zero attached hydrogens (tertiary/aromatic N) is 1. The van der Waals surface area contributed by atoms with Crippen molar-refractivity contribution in [2.45, 2.75) is 0 Å². The van der Waals surface area contributed by atoms with Gasteiger partial charge in [0.1, 0.15) is 0 Å². The van der Waals surface area contributed by atoms with Gasteiger partial charge in [-0.25, -0.2) is 4.79 Å². The Morgan fingerprint density at radius 2 is 2.20 bits per heavy atom. The summed E-state index contributed by atoms with van der Waals surface area (Å²) in [5.41, 5.74) is 0.545. The second kappa shape index (κ2) is 5.14. The van der Waals surface area contributed by atoms with Crippen LogP contribution >= 0.6 is 27.5 Å². The number of ether oxygens (including phenoxy) is 1. The Labute approximate surface area is 99.6 Å². The largest absolute Gasteiger partial charge is 0.465 e. The number of oxime groups is 1. The fraction of sp³-hybridized carbons (Fsp3) is 0.111. The lowest BCUT2D eigenvalue weighted by Crippen LogP contribution is -2.08. The number of hydrogen-bond acceptors (Lipinski definition) is 4. The summed E-state index contributed by atoms with van der Waals surface area (Å²) < 4.78 is 5.27. The van der Waals surface area contributed by atoms with Gasteiger partial charge in [0.05, 0.1) is 12.7 Å². The molecule has 15 heavy (non-hydrogen) atoms. The zero-order valence-electron chi connectivity index (χ0n) is 7.70. The van der Waals surface area contributed by atoms with E-state index in [4.69, 9.17) is 16.8 Å². The minimum atomic E-state index is -0.548. The molecule has 1 rings (SSSR count). The van der Waals surface area contributed by atoms with E-state index >= 15 is 0 Å². The number of methoxy groups -OCH3 is 1. The standard InChI is InChI=1S/C9H7BrClNO3/c1-15-9(13)7-4-5(10)2-3-6(7)8(11)12-14/h2-4,14H,1H3. The van der Waals surface area contributed by atoms with Crippen molar-refractivity contribution in [3.8, 4) is 0 Å². The molecule has 80 valence electrons. The Morgan fingerprint density at radius 1 is 1.53 bits per heavy atom. The maximum Gasteiger partial charge on any atom is 0.338 e. The third-order valence-corrected chi connectivity index (χ3v) is 2.47. The second-order valence-electron chi connectivity index (χ2n) is 2.57. The summed E-state index contributed by atoms with van der Waals surface area (Å²) in [5, 5.41) is 11.2. The lowest BCUT2D eigenvalue weighted by Gasteiger charge is -2.05. The van der Waals surface area contributed by atoms with E-state index in [-0.39, 0.29) is 10.7 Å². The Hall–Kier alpha value is -1.07. The number of carbonyl (C=O) groups excluding carboxylic acids is 1. The summed E-state index contributed by atoms with van der Waals surface area (Å²) in [7, 11) is 1.26. The summed E-state index contributed by atoms with van der Waals surface area (Å²) in [6, 6.07) is 4.77. The second-order valence-corrected chi connectivity index (χ2v) is 3.85. The maximum absolute atomic E-state index is 11.4. The van der Waals surface area contributed by atoms with Crippen LogP contribution in [0.4, 0.5) is 0 Å². The van der Waals surface area contributed by atoms with Gasteiger partial charge in [0, 0.05) is 10.0 Å². The first-order chi connectivity index (χ1) is 7.10. The maximum atomic E-state index is 11.4. The first-order valence-corrected chi connectivity index (χ1v) is 5.03. The number of benzene rings is 1. The zero-order chi connectivity index (χ0) is 11.4. The summed E-state index contributed by atoms with van der Waals surface area (Å²) in [6.07, 6.45) is 0. The normalized spacial score (nSPS) is 11.3. The molecule has 0 spiro atoms. The minimum absolute atomic E-state index is 0.164. The molecule has 0 aromatic heterocycles. The molecule has 1 aromatic rings. The highest BCUT2D eigenvalue weighted by molar-refractivity contribution is 9.10. The molecule has 0 aliphatic heterocycles. The van der Waals surface area contributed by atoms with Gasteiger partial charge in [-0.05, 0) is 18.2 Å². The van der Waals surface area contributed by atoms with Crippen LogP contribution in [0.15, 0.2) is 27.8 Å². The molecule has 0 fully saturated rings. The van der Waals surface area contributed by atoms with E-state index < -0.39 is 5.97 Å². The van der Waals surface area contributed by atoms with Crippen molar-refractivity contribution >= 4 is 38.7 Å². The van der Waals surface area contributed by atoms with E-state index in [1.54, 1.807) is 12.1 Å². The fourth-order valence-corrected chi connectivity index (χ4v) is 1.55. The zero-order valence-corrected chi connectivity index (χ0v) is 10.0. The predicted octanol–water partition coefficient (Wildman–Crippen LogP) is 2.61. The first kappa shape index (κ1) is 12.0. The Morgan fingerprint density at radius 3 is 2.73 bits per heavy atom. The highest BCUT2D eigenvalue weighted by Gasteiger charge is 2.15. The first-order valence-electron chi connectivity index (χ1n) is 3.86. The van der Waals surface area contributed by atoms with Crippen molar-refractivity contribution in [3.63, 3.8) is 0 Å². The van der Waals surface area contributed by atoms with Gasteiger partial charge in [0.15, 0.2) is 5.17 Å². The van der Waals surface area contributed by atoms with Crippen LogP contribution in [0.2, 0.25) is 0 Å². The highest BCUT2D eigenvalue weighted by Crippen LogP contribution is 2.19. The van der Waals surface area contributed by atoms with Crippen LogP contribution in [-0.4, -0.2) is 23.5 Å². The SMILES string of the molecule is COC(=O)c1cc(Br)ccc1C(Cl)=NO. The third kappa shape index (κ3) is 2.70. The Balaban J connectivity index is 3.33. The number of hydrogen-bond donors (Lipinski definition) is 1. The number of carbonyl (C=O) groups is 1. The molecule has 0 amide bonds. The van der Waals surface area contributed by atoms with Crippen LogP contribution in [0.3, 0.4) is 0 Å². The van der Waals surface area contributed by atoms with Crippen LogP contribution in [-0.2, 0) is 4.74 Å². The fourth-order valence-electron chi connectivity index (χ4n) is 1.03. The summed E-state index contributed by atoms with van der Waals surface area (Å²) in [4.78, 5) is 11.4. The van der Waals surface area contributed by atoms with E-state index in [9.17, 15) is 4.79 Å². The third-order valence-electron chi connectivity index (χ3n) is 1.70. The molecule has 0 aliphatic carbocycles. The van der Waals surface area contributed by atoms with Gasteiger partial charge in [-0.3, -0.25) is 0 Å². The van der Waals surface area contributed by atoms with Crippen molar-refractivity contribution in [1.29, 1.82) is 0 Å². The number of esters is 1. The number of rotatable bonds is 2. The molecule has 6 heteroatoms. The predicted molar refractivity (Wildman–Crippen MR) is 59.7 cm³/mol. The average Bonchev–Trinajstić information content (AvgIpc) is 2.26.